The summed E-state index contributed by atoms with van der Waals surface area (Å²) in [6.45, 7) is 0. The highest BCUT2D eigenvalue weighted by atomic mass is 35.5. The molecular formula is C29H24ClN5OS2. The molecule has 2 aromatic carbocycles. The Morgan fingerprint density at radius 2 is 1.63 bits per heavy atom. The lowest BCUT2D eigenvalue weighted by Crippen LogP contribution is -2.19. The van der Waals surface area contributed by atoms with Crippen LogP contribution < -0.4 is 10.5 Å². The van der Waals surface area contributed by atoms with Crippen LogP contribution in [0.3, 0.4) is 0 Å². The van der Waals surface area contributed by atoms with Crippen molar-refractivity contribution in [3.05, 3.63) is 75.8 Å². The van der Waals surface area contributed by atoms with E-state index in [4.69, 9.17) is 27.1 Å². The van der Waals surface area contributed by atoms with E-state index in [-0.39, 0.29) is 17.5 Å². The van der Waals surface area contributed by atoms with Gasteiger partial charge in [-0.1, -0.05) is 54.0 Å². The third-order valence-corrected chi connectivity index (χ3v) is 8.61. The Kier molecular flexibility index (Phi) is 8.14. The molecule has 0 atom stereocenters. The van der Waals surface area contributed by atoms with Gasteiger partial charge in [0, 0.05) is 27.3 Å². The van der Waals surface area contributed by atoms with E-state index in [0.717, 1.165) is 40.4 Å². The van der Waals surface area contributed by atoms with Crippen molar-refractivity contribution in [2.75, 3.05) is 5.73 Å². The number of thiazole rings is 1. The Morgan fingerprint density at radius 1 is 0.947 bits per heavy atom. The summed E-state index contributed by atoms with van der Waals surface area (Å²) in [5.74, 6) is 1.39. The standard InChI is InChI=1S/C29H24ClN5OS2/c30-20-10-6-19(7-11-20)28-34-21(16-37-28)17-38-29-25(15-32)26(24(14-31)27(33)35-29)18-8-12-23(13-9-18)36-22-4-2-1-3-5-22/h6-13,16,22H,1-5,17H2,(H2,33,35). The lowest BCUT2D eigenvalue weighted by atomic mass is 9.96. The van der Waals surface area contributed by atoms with Gasteiger partial charge >= 0.3 is 0 Å². The monoisotopic (exact) mass is 557 g/mol. The number of aromatic nitrogens is 2. The van der Waals surface area contributed by atoms with Crippen molar-refractivity contribution in [3.8, 4) is 39.6 Å². The Balaban J connectivity index is 1.39. The van der Waals surface area contributed by atoms with Crippen molar-refractivity contribution in [1.82, 2.24) is 9.97 Å². The zero-order valence-electron chi connectivity index (χ0n) is 20.5. The summed E-state index contributed by atoms with van der Waals surface area (Å²) in [5.41, 5.74) is 9.81. The molecule has 190 valence electrons. The summed E-state index contributed by atoms with van der Waals surface area (Å²) in [5, 5.41) is 24.0. The van der Waals surface area contributed by atoms with Gasteiger partial charge in [0.2, 0.25) is 0 Å². The fourth-order valence-electron chi connectivity index (χ4n) is 4.51. The Bertz CT molecular complexity index is 1520. The Hall–Kier alpha value is -3.56. The Morgan fingerprint density at radius 3 is 2.32 bits per heavy atom. The van der Waals surface area contributed by atoms with Crippen molar-refractivity contribution >= 4 is 40.5 Å². The van der Waals surface area contributed by atoms with Crippen LogP contribution in [0.1, 0.15) is 48.9 Å². The summed E-state index contributed by atoms with van der Waals surface area (Å²) >= 11 is 8.92. The maximum absolute atomic E-state index is 10.1. The van der Waals surface area contributed by atoms with Crippen LogP contribution in [0.25, 0.3) is 21.7 Å². The zero-order chi connectivity index (χ0) is 26.5. The first-order valence-electron chi connectivity index (χ1n) is 12.3. The predicted molar refractivity (Wildman–Crippen MR) is 153 cm³/mol. The van der Waals surface area contributed by atoms with Crippen molar-refractivity contribution in [3.63, 3.8) is 0 Å². The SMILES string of the molecule is N#Cc1c(N)nc(SCc2csc(-c3ccc(Cl)cc3)n2)c(C#N)c1-c1ccc(OC2CCCCC2)cc1. The summed E-state index contributed by atoms with van der Waals surface area (Å²) in [4.78, 5) is 9.14. The molecule has 4 aromatic rings. The first-order valence-corrected chi connectivity index (χ1v) is 14.5. The predicted octanol–water partition coefficient (Wildman–Crippen LogP) is 7.85. The first-order chi connectivity index (χ1) is 18.6. The van der Waals surface area contributed by atoms with Crippen LogP contribution in [0.5, 0.6) is 5.75 Å². The number of halogens is 1. The number of nitriles is 2. The molecule has 2 N–H and O–H groups in total. The van der Waals surface area contributed by atoms with Gasteiger partial charge in [0.1, 0.15) is 39.3 Å². The summed E-state index contributed by atoms with van der Waals surface area (Å²) in [6.07, 6.45) is 6.04. The molecule has 0 spiro atoms. The van der Waals surface area contributed by atoms with Gasteiger partial charge in [-0.2, -0.15) is 10.5 Å². The second-order valence-corrected chi connectivity index (χ2v) is 11.3. The highest BCUT2D eigenvalue weighted by molar-refractivity contribution is 7.98. The molecule has 6 nitrogen and oxygen atoms in total. The van der Waals surface area contributed by atoms with Gasteiger partial charge in [-0.3, -0.25) is 0 Å². The molecule has 0 amide bonds. The molecule has 2 aromatic heterocycles. The molecule has 0 radical (unpaired) electrons. The molecular weight excluding hydrogens is 534 g/mol. The molecule has 5 rings (SSSR count). The molecule has 0 saturated heterocycles. The van der Waals surface area contributed by atoms with Crippen LogP contribution >= 0.6 is 34.7 Å². The lowest BCUT2D eigenvalue weighted by Gasteiger charge is -2.23. The number of hydrogen-bond donors (Lipinski definition) is 1. The van der Waals surface area contributed by atoms with E-state index in [1.807, 2.05) is 53.9 Å². The number of nitrogens with two attached hydrogens (primary N) is 1. The van der Waals surface area contributed by atoms with E-state index in [9.17, 15) is 10.5 Å². The fourth-order valence-corrected chi connectivity index (χ4v) is 6.45. The van der Waals surface area contributed by atoms with Crippen LogP contribution in [-0.2, 0) is 5.75 Å². The number of hydrogen-bond acceptors (Lipinski definition) is 8. The van der Waals surface area contributed by atoms with Gasteiger partial charge in [0.15, 0.2) is 0 Å². The smallest absolute Gasteiger partial charge is 0.143 e. The van der Waals surface area contributed by atoms with Crippen LogP contribution in [0.2, 0.25) is 5.02 Å². The van der Waals surface area contributed by atoms with Gasteiger partial charge in [-0.15, -0.1) is 11.3 Å². The molecule has 0 bridgehead atoms. The van der Waals surface area contributed by atoms with E-state index in [2.05, 4.69) is 17.1 Å². The molecule has 0 unspecified atom stereocenters. The summed E-state index contributed by atoms with van der Waals surface area (Å²) in [6, 6.07) is 19.5. The molecule has 38 heavy (non-hydrogen) atoms. The number of ether oxygens (including phenoxy) is 1. The van der Waals surface area contributed by atoms with E-state index in [1.165, 1.54) is 31.0 Å². The fraction of sp³-hybridized carbons (Fsp3) is 0.241. The molecule has 2 heterocycles. The topological polar surface area (TPSA) is 109 Å². The third kappa shape index (κ3) is 5.79. The summed E-state index contributed by atoms with van der Waals surface area (Å²) < 4.78 is 6.15. The highest BCUT2D eigenvalue weighted by Gasteiger charge is 2.21. The highest BCUT2D eigenvalue weighted by Crippen LogP contribution is 2.38. The van der Waals surface area contributed by atoms with Gasteiger partial charge in [0.05, 0.1) is 17.4 Å². The van der Waals surface area contributed by atoms with Gasteiger partial charge in [-0.25, -0.2) is 9.97 Å². The molecule has 1 aliphatic rings. The van der Waals surface area contributed by atoms with E-state index >= 15 is 0 Å². The largest absolute Gasteiger partial charge is 0.490 e. The second-order valence-electron chi connectivity index (χ2n) is 8.99. The van der Waals surface area contributed by atoms with Crippen LogP contribution in [-0.4, -0.2) is 16.1 Å². The van der Waals surface area contributed by atoms with E-state index in [0.29, 0.717) is 26.9 Å². The number of rotatable bonds is 7. The third-order valence-electron chi connectivity index (χ3n) is 6.41. The van der Waals surface area contributed by atoms with Gasteiger partial charge < -0.3 is 10.5 Å². The molecule has 1 fully saturated rings. The van der Waals surface area contributed by atoms with Crippen LogP contribution in [0, 0.1) is 22.7 Å². The lowest BCUT2D eigenvalue weighted by molar-refractivity contribution is 0.155. The molecule has 1 saturated carbocycles. The van der Waals surface area contributed by atoms with Crippen molar-refractivity contribution in [2.45, 2.75) is 49.0 Å². The number of benzene rings is 2. The molecule has 1 aliphatic carbocycles. The second kappa shape index (κ2) is 11.9. The number of pyridine rings is 1. The van der Waals surface area contributed by atoms with Crippen LogP contribution in [0.4, 0.5) is 5.82 Å². The minimum Gasteiger partial charge on any atom is -0.490 e. The molecule has 9 heteroatoms. The van der Waals surface area contributed by atoms with Crippen molar-refractivity contribution in [2.24, 2.45) is 0 Å². The maximum Gasteiger partial charge on any atom is 0.143 e. The summed E-state index contributed by atoms with van der Waals surface area (Å²) in [7, 11) is 0. The Labute approximate surface area is 235 Å². The normalized spacial score (nSPS) is 13.6. The van der Waals surface area contributed by atoms with Gasteiger partial charge in [-0.05, 0) is 55.5 Å². The number of nitrogens with zero attached hydrogens (tertiary/aromatic N) is 4. The van der Waals surface area contributed by atoms with E-state index in [1.54, 1.807) is 11.3 Å². The quantitative estimate of drug-likeness (QED) is 0.230. The number of thioether (sulfide) groups is 1. The minimum absolute atomic E-state index is 0.103. The zero-order valence-corrected chi connectivity index (χ0v) is 22.9. The minimum atomic E-state index is 0.103. The first kappa shape index (κ1) is 26.1. The number of anilines is 1. The average Bonchev–Trinajstić information content (AvgIpc) is 3.42. The van der Waals surface area contributed by atoms with Crippen LogP contribution in [0.15, 0.2) is 58.9 Å². The molecule has 0 aliphatic heterocycles. The number of nitrogen functional groups attached to an aromatic ring is 1. The average molecular weight is 558 g/mol. The van der Waals surface area contributed by atoms with Gasteiger partial charge in [0.25, 0.3) is 0 Å². The van der Waals surface area contributed by atoms with E-state index < -0.39 is 0 Å². The van der Waals surface area contributed by atoms with Crippen molar-refractivity contribution in [1.29, 1.82) is 10.5 Å². The maximum atomic E-state index is 10.1. The van der Waals surface area contributed by atoms with Crippen molar-refractivity contribution < 1.29 is 4.74 Å².